The SMILES string of the molecule is CC(C)(C)C1COC[C@@H]1C(C)(C)C. The van der Waals surface area contributed by atoms with E-state index in [1.54, 1.807) is 0 Å². The van der Waals surface area contributed by atoms with Gasteiger partial charge in [-0.2, -0.15) is 0 Å². The first-order chi connectivity index (χ1) is 5.73. The molecule has 1 heterocycles. The first kappa shape index (κ1) is 11.0. The molecule has 1 aliphatic rings. The molecular weight excluding hydrogens is 160 g/mol. The van der Waals surface area contributed by atoms with Gasteiger partial charge in [-0.05, 0) is 22.7 Å². The van der Waals surface area contributed by atoms with Gasteiger partial charge in [-0.1, -0.05) is 41.5 Å². The lowest BCUT2D eigenvalue weighted by molar-refractivity contribution is 0.115. The predicted molar refractivity (Wildman–Crippen MR) is 56.7 cm³/mol. The number of hydrogen-bond acceptors (Lipinski definition) is 1. The second kappa shape index (κ2) is 3.27. The molecule has 0 N–H and O–H groups in total. The smallest absolute Gasteiger partial charge is 0.0503 e. The summed E-state index contributed by atoms with van der Waals surface area (Å²) in [6.07, 6.45) is 0. The van der Waals surface area contributed by atoms with Crippen LogP contribution in [0.5, 0.6) is 0 Å². The minimum Gasteiger partial charge on any atom is -0.381 e. The maximum Gasteiger partial charge on any atom is 0.0503 e. The molecule has 1 nitrogen and oxygen atoms in total. The molecule has 1 unspecified atom stereocenters. The van der Waals surface area contributed by atoms with Crippen molar-refractivity contribution >= 4 is 0 Å². The molecule has 0 aromatic carbocycles. The fraction of sp³-hybridized carbons (Fsp3) is 1.00. The fourth-order valence-electron chi connectivity index (χ4n) is 2.26. The summed E-state index contributed by atoms with van der Waals surface area (Å²) in [5, 5.41) is 0. The molecule has 13 heavy (non-hydrogen) atoms. The first-order valence-electron chi connectivity index (χ1n) is 5.30. The maximum absolute atomic E-state index is 5.62. The Morgan fingerprint density at radius 1 is 0.769 bits per heavy atom. The van der Waals surface area contributed by atoms with Crippen LogP contribution in [-0.2, 0) is 4.74 Å². The van der Waals surface area contributed by atoms with Crippen molar-refractivity contribution in [3.05, 3.63) is 0 Å². The van der Waals surface area contributed by atoms with Crippen LogP contribution in [0.25, 0.3) is 0 Å². The summed E-state index contributed by atoms with van der Waals surface area (Å²) in [7, 11) is 0. The van der Waals surface area contributed by atoms with Gasteiger partial charge in [0, 0.05) is 0 Å². The van der Waals surface area contributed by atoms with Gasteiger partial charge in [0.15, 0.2) is 0 Å². The highest BCUT2D eigenvalue weighted by atomic mass is 16.5. The lowest BCUT2D eigenvalue weighted by Crippen LogP contribution is -2.34. The van der Waals surface area contributed by atoms with E-state index < -0.39 is 0 Å². The highest BCUT2D eigenvalue weighted by Crippen LogP contribution is 2.44. The molecule has 0 saturated carbocycles. The van der Waals surface area contributed by atoms with Crippen molar-refractivity contribution in [1.29, 1.82) is 0 Å². The molecule has 0 amide bonds. The zero-order chi connectivity index (χ0) is 10.3. The monoisotopic (exact) mass is 184 g/mol. The second-order valence-corrected chi connectivity index (χ2v) is 6.48. The Kier molecular flexibility index (Phi) is 2.78. The van der Waals surface area contributed by atoms with Gasteiger partial charge in [0.05, 0.1) is 13.2 Å². The normalized spacial score (nSPS) is 30.9. The molecule has 0 bridgehead atoms. The number of ether oxygens (including phenoxy) is 1. The van der Waals surface area contributed by atoms with Crippen LogP contribution in [0.4, 0.5) is 0 Å². The van der Waals surface area contributed by atoms with Crippen molar-refractivity contribution in [3.63, 3.8) is 0 Å². The van der Waals surface area contributed by atoms with Gasteiger partial charge in [-0.15, -0.1) is 0 Å². The van der Waals surface area contributed by atoms with Crippen molar-refractivity contribution < 1.29 is 4.74 Å². The zero-order valence-electron chi connectivity index (χ0n) is 9.98. The van der Waals surface area contributed by atoms with Gasteiger partial charge in [0.25, 0.3) is 0 Å². The molecule has 1 aliphatic heterocycles. The van der Waals surface area contributed by atoms with Crippen molar-refractivity contribution in [2.24, 2.45) is 22.7 Å². The van der Waals surface area contributed by atoms with Gasteiger partial charge in [-0.25, -0.2) is 0 Å². The van der Waals surface area contributed by atoms with Crippen LogP contribution in [0.3, 0.4) is 0 Å². The maximum atomic E-state index is 5.62. The average Bonchev–Trinajstić information content (AvgIpc) is 2.27. The fourth-order valence-corrected chi connectivity index (χ4v) is 2.26. The van der Waals surface area contributed by atoms with Crippen LogP contribution < -0.4 is 0 Å². The third-order valence-corrected chi connectivity index (χ3v) is 3.31. The third kappa shape index (κ3) is 2.46. The van der Waals surface area contributed by atoms with Crippen LogP contribution in [0.15, 0.2) is 0 Å². The van der Waals surface area contributed by atoms with Crippen LogP contribution >= 0.6 is 0 Å². The molecule has 0 aromatic heterocycles. The van der Waals surface area contributed by atoms with E-state index in [-0.39, 0.29) is 0 Å². The van der Waals surface area contributed by atoms with Crippen LogP contribution in [-0.4, -0.2) is 13.2 Å². The summed E-state index contributed by atoms with van der Waals surface area (Å²) < 4.78 is 5.62. The van der Waals surface area contributed by atoms with E-state index in [0.717, 1.165) is 13.2 Å². The quantitative estimate of drug-likeness (QED) is 0.561. The Balaban J connectivity index is 2.76. The summed E-state index contributed by atoms with van der Waals surface area (Å²) in [4.78, 5) is 0. The minimum atomic E-state index is 0.383. The molecule has 1 fully saturated rings. The van der Waals surface area contributed by atoms with Crippen LogP contribution in [0, 0.1) is 22.7 Å². The van der Waals surface area contributed by atoms with Gasteiger partial charge >= 0.3 is 0 Å². The summed E-state index contributed by atoms with van der Waals surface area (Å²) in [5.74, 6) is 1.43. The van der Waals surface area contributed by atoms with Gasteiger partial charge in [0.2, 0.25) is 0 Å². The molecule has 0 aromatic rings. The highest BCUT2D eigenvalue weighted by molar-refractivity contribution is 4.90. The van der Waals surface area contributed by atoms with E-state index in [4.69, 9.17) is 4.74 Å². The molecule has 1 heteroatoms. The summed E-state index contributed by atoms with van der Waals surface area (Å²) in [6.45, 7) is 15.8. The van der Waals surface area contributed by atoms with E-state index in [1.807, 2.05) is 0 Å². The summed E-state index contributed by atoms with van der Waals surface area (Å²) in [5.41, 5.74) is 0.767. The Bertz CT molecular complexity index is 151. The van der Waals surface area contributed by atoms with Crippen LogP contribution in [0.2, 0.25) is 0 Å². The second-order valence-electron chi connectivity index (χ2n) is 6.48. The van der Waals surface area contributed by atoms with Gasteiger partial charge in [0.1, 0.15) is 0 Å². The third-order valence-electron chi connectivity index (χ3n) is 3.31. The molecule has 0 spiro atoms. The van der Waals surface area contributed by atoms with Gasteiger partial charge in [-0.3, -0.25) is 0 Å². The summed E-state index contributed by atoms with van der Waals surface area (Å²) in [6, 6.07) is 0. The number of hydrogen-bond donors (Lipinski definition) is 0. The molecule has 1 saturated heterocycles. The van der Waals surface area contributed by atoms with Crippen molar-refractivity contribution in [2.45, 2.75) is 41.5 Å². The molecule has 0 aliphatic carbocycles. The van der Waals surface area contributed by atoms with Crippen molar-refractivity contribution in [3.8, 4) is 0 Å². The molecule has 2 atom stereocenters. The average molecular weight is 184 g/mol. The Labute approximate surface area is 82.9 Å². The molecule has 0 radical (unpaired) electrons. The Morgan fingerprint density at radius 2 is 1.08 bits per heavy atom. The van der Waals surface area contributed by atoms with Gasteiger partial charge < -0.3 is 4.74 Å². The Morgan fingerprint density at radius 3 is 1.31 bits per heavy atom. The van der Waals surface area contributed by atoms with Crippen molar-refractivity contribution in [2.75, 3.05) is 13.2 Å². The lowest BCUT2D eigenvalue weighted by atomic mass is 9.66. The molecule has 78 valence electrons. The largest absolute Gasteiger partial charge is 0.381 e. The lowest BCUT2D eigenvalue weighted by Gasteiger charge is -2.37. The highest BCUT2D eigenvalue weighted by Gasteiger charge is 2.42. The zero-order valence-corrected chi connectivity index (χ0v) is 9.98. The minimum absolute atomic E-state index is 0.383. The first-order valence-corrected chi connectivity index (χ1v) is 5.30. The van der Waals surface area contributed by atoms with Crippen molar-refractivity contribution in [1.82, 2.24) is 0 Å². The van der Waals surface area contributed by atoms with E-state index in [9.17, 15) is 0 Å². The Hall–Kier alpha value is -0.0400. The molecular formula is C12H24O. The number of rotatable bonds is 0. The van der Waals surface area contributed by atoms with Crippen LogP contribution in [0.1, 0.15) is 41.5 Å². The van der Waals surface area contributed by atoms with E-state index in [1.165, 1.54) is 0 Å². The van der Waals surface area contributed by atoms with E-state index in [2.05, 4.69) is 41.5 Å². The molecule has 1 rings (SSSR count). The van der Waals surface area contributed by atoms with E-state index >= 15 is 0 Å². The summed E-state index contributed by atoms with van der Waals surface area (Å²) >= 11 is 0. The topological polar surface area (TPSA) is 9.23 Å². The standard InChI is InChI=1S/C12H24O/c1-11(2,3)9-7-13-8-10(9)12(4,5)6/h9-10H,7-8H2,1-6H3/t9-,10?/m0/s1. The predicted octanol–water partition coefficient (Wildman–Crippen LogP) is 3.34. The van der Waals surface area contributed by atoms with E-state index in [0.29, 0.717) is 22.7 Å².